The zero-order valence-electron chi connectivity index (χ0n) is 10.8. The van der Waals surface area contributed by atoms with Gasteiger partial charge in [-0.1, -0.05) is 0 Å². The van der Waals surface area contributed by atoms with Crippen LogP contribution in [0.4, 0.5) is 0 Å². The molecule has 0 aromatic rings. The van der Waals surface area contributed by atoms with Gasteiger partial charge in [0.05, 0.1) is 6.04 Å². The van der Waals surface area contributed by atoms with E-state index in [9.17, 15) is 4.79 Å². The van der Waals surface area contributed by atoms with E-state index in [1.807, 2.05) is 30.7 Å². The van der Waals surface area contributed by atoms with Gasteiger partial charge in [0.2, 0.25) is 5.91 Å². The summed E-state index contributed by atoms with van der Waals surface area (Å²) in [5.74, 6) is 0.253. The summed E-state index contributed by atoms with van der Waals surface area (Å²) in [6.45, 7) is 6.55. The molecular formula is C12H25N3O. The predicted molar refractivity (Wildman–Crippen MR) is 66.2 cm³/mol. The Morgan fingerprint density at radius 2 is 1.88 bits per heavy atom. The summed E-state index contributed by atoms with van der Waals surface area (Å²) < 4.78 is 0. The summed E-state index contributed by atoms with van der Waals surface area (Å²) >= 11 is 0. The fourth-order valence-electron chi connectivity index (χ4n) is 2.18. The minimum Gasteiger partial charge on any atom is -0.341 e. The Balaban J connectivity index is 2.45. The van der Waals surface area contributed by atoms with Crippen LogP contribution >= 0.6 is 0 Å². The number of piperidine rings is 1. The molecule has 4 heteroatoms. The lowest BCUT2D eigenvalue weighted by Crippen LogP contribution is -2.49. The third-order valence-electron chi connectivity index (χ3n) is 3.26. The van der Waals surface area contributed by atoms with Crippen molar-refractivity contribution in [2.45, 2.75) is 45.2 Å². The van der Waals surface area contributed by atoms with Crippen molar-refractivity contribution in [3.05, 3.63) is 0 Å². The molecule has 0 saturated carbocycles. The van der Waals surface area contributed by atoms with Crippen LogP contribution in [0.2, 0.25) is 0 Å². The van der Waals surface area contributed by atoms with Crippen LogP contribution in [0.1, 0.15) is 33.1 Å². The van der Waals surface area contributed by atoms with Gasteiger partial charge in [-0.2, -0.15) is 0 Å². The van der Waals surface area contributed by atoms with E-state index >= 15 is 0 Å². The van der Waals surface area contributed by atoms with E-state index in [2.05, 4.69) is 0 Å². The highest BCUT2D eigenvalue weighted by molar-refractivity contribution is 5.81. The first-order valence-electron chi connectivity index (χ1n) is 6.27. The van der Waals surface area contributed by atoms with Gasteiger partial charge in [-0.05, 0) is 40.2 Å². The summed E-state index contributed by atoms with van der Waals surface area (Å²) in [7, 11) is 1.97. The lowest BCUT2D eigenvalue weighted by Gasteiger charge is -2.33. The maximum Gasteiger partial charge on any atom is 0.239 e. The Morgan fingerprint density at radius 1 is 1.31 bits per heavy atom. The molecule has 0 bridgehead atoms. The largest absolute Gasteiger partial charge is 0.341 e. The van der Waals surface area contributed by atoms with Crippen LogP contribution in [0, 0.1) is 0 Å². The van der Waals surface area contributed by atoms with Crippen molar-refractivity contribution in [3.8, 4) is 0 Å². The van der Waals surface area contributed by atoms with Gasteiger partial charge >= 0.3 is 0 Å². The molecule has 16 heavy (non-hydrogen) atoms. The van der Waals surface area contributed by atoms with E-state index in [0.717, 1.165) is 32.5 Å². The molecule has 0 aromatic carbocycles. The molecule has 2 N–H and O–H groups in total. The highest BCUT2D eigenvalue weighted by atomic mass is 16.2. The van der Waals surface area contributed by atoms with Crippen molar-refractivity contribution in [1.82, 2.24) is 9.80 Å². The third kappa shape index (κ3) is 3.76. The molecule has 1 aliphatic rings. The molecule has 4 nitrogen and oxygen atoms in total. The number of amides is 1. The van der Waals surface area contributed by atoms with Crippen LogP contribution in [-0.2, 0) is 4.79 Å². The zero-order chi connectivity index (χ0) is 12.1. The zero-order valence-corrected chi connectivity index (χ0v) is 10.8. The van der Waals surface area contributed by atoms with Crippen molar-refractivity contribution in [3.63, 3.8) is 0 Å². The number of rotatable bonds is 4. The summed E-state index contributed by atoms with van der Waals surface area (Å²) in [6.07, 6.45) is 3.55. The Hall–Kier alpha value is -0.610. The Labute approximate surface area is 98.8 Å². The molecule has 94 valence electrons. The van der Waals surface area contributed by atoms with E-state index in [-0.39, 0.29) is 18.0 Å². The molecule has 0 spiro atoms. The molecule has 1 amide bonds. The fourth-order valence-corrected chi connectivity index (χ4v) is 2.18. The van der Waals surface area contributed by atoms with Crippen LogP contribution in [-0.4, -0.2) is 54.5 Å². The lowest BCUT2D eigenvalue weighted by atomic mass is 10.1. The average Bonchev–Trinajstić information content (AvgIpc) is 2.27. The van der Waals surface area contributed by atoms with Crippen LogP contribution in [0.3, 0.4) is 0 Å². The van der Waals surface area contributed by atoms with Crippen LogP contribution in [0.5, 0.6) is 0 Å². The molecule has 1 heterocycles. The number of nitrogens with two attached hydrogens (primary N) is 1. The van der Waals surface area contributed by atoms with E-state index in [0.29, 0.717) is 0 Å². The normalized spacial score (nSPS) is 20.9. The Kier molecular flexibility index (Phi) is 5.22. The van der Waals surface area contributed by atoms with Crippen molar-refractivity contribution >= 4 is 5.91 Å². The minimum absolute atomic E-state index is 0.0518. The molecule has 0 aromatic heterocycles. The number of hydrogen-bond acceptors (Lipinski definition) is 3. The van der Waals surface area contributed by atoms with Gasteiger partial charge < -0.3 is 10.6 Å². The highest BCUT2D eigenvalue weighted by Crippen LogP contribution is 2.11. The first kappa shape index (κ1) is 13.5. The molecule has 1 rings (SSSR count). The number of likely N-dealkylation sites (tertiary alicyclic amines) is 1. The van der Waals surface area contributed by atoms with Crippen molar-refractivity contribution in [1.29, 1.82) is 0 Å². The number of likely N-dealkylation sites (N-methyl/N-ethyl adjacent to an activating group) is 1. The van der Waals surface area contributed by atoms with Gasteiger partial charge in [-0.3, -0.25) is 9.69 Å². The summed E-state index contributed by atoms with van der Waals surface area (Å²) in [5.41, 5.74) is 5.74. The SMILES string of the molecule is CC(N)CN(C)C(C)C(=O)N1CCCCC1. The lowest BCUT2D eigenvalue weighted by molar-refractivity contribution is -0.136. The molecular weight excluding hydrogens is 202 g/mol. The smallest absolute Gasteiger partial charge is 0.239 e. The standard InChI is InChI=1S/C12H25N3O/c1-10(13)9-14(3)11(2)12(16)15-7-5-4-6-8-15/h10-11H,4-9,13H2,1-3H3. The van der Waals surface area contributed by atoms with Gasteiger partial charge in [0.1, 0.15) is 0 Å². The highest BCUT2D eigenvalue weighted by Gasteiger charge is 2.25. The molecule has 0 radical (unpaired) electrons. The molecule has 1 fully saturated rings. The number of carbonyl (C=O) groups excluding carboxylic acids is 1. The maximum atomic E-state index is 12.2. The van der Waals surface area contributed by atoms with Gasteiger partial charge in [-0.25, -0.2) is 0 Å². The summed E-state index contributed by atoms with van der Waals surface area (Å²) in [6, 6.07) is 0.0608. The maximum absolute atomic E-state index is 12.2. The average molecular weight is 227 g/mol. The van der Waals surface area contributed by atoms with Gasteiger partial charge in [-0.15, -0.1) is 0 Å². The van der Waals surface area contributed by atoms with E-state index < -0.39 is 0 Å². The van der Waals surface area contributed by atoms with Crippen molar-refractivity contribution in [2.75, 3.05) is 26.7 Å². The molecule has 1 aliphatic heterocycles. The van der Waals surface area contributed by atoms with E-state index in [4.69, 9.17) is 5.73 Å². The van der Waals surface area contributed by atoms with Gasteiger partial charge in [0, 0.05) is 25.7 Å². The second-order valence-corrected chi connectivity index (χ2v) is 4.98. The number of nitrogens with zero attached hydrogens (tertiary/aromatic N) is 2. The second kappa shape index (κ2) is 6.21. The molecule has 0 aliphatic carbocycles. The minimum atomic E-state index is -0.0518. The summed E-state index contributed by atoms with van der Waals surface area (Å²) in [4.78, 5) is 16.2. The van der Waals surface area contributed by atoms with Crippen molar-refractivity contribution in [2.24, 2.45) is 5.73 Å². The van der Waals surface area contributed by atoms with E-state index in [1.165, 1.54) is 6.42 Å². The Bertz CT molecular complexity index is 224. The fraction of sp³-hybridized carbons (Fsp3) is 0.917. The van der Waals surface area contributed by atoms with Gasteiger partial charge in [0.25, 0.3) is 0 Å². The van der Waals surface area contributed by atoms with Crippen LogP contribution in [0.25, 0.3) is 0 Å². The van der Waals surface area contributed by atoms with Crippen LogP contribution < -0.4 is 5.73 Å². The molecule has 2 atom stereocenters. The summed E-state index contributed by atoms with van der Waals surface area (Å²) in [5, 5.41) is 0. The second-order valence-electron chi connectivity index (χ2n) is 4.98. The predicted octanol–water partition coefficient (Wildman–Crippen LogP) is 0.666. The first-order chi connectivity index (χ1) is 7.52. The number of carbonyl (C=O) groups is 1. The third-order valence-corrected chi connectivity index (χ3v) is 3.26. The topological polar surface area (TPSA) is 49.6 Å². The molecule has 2 unspecified atom stereocenters. The van der Waals surface area contributed by atoms with Crippen molar-refractivity contribution < 1.29 is 4.79 Å². The first-order valence-corrected chi connectivity index (χ1v) is 6.27. The van der Waals surface area contributed by atoms with Crippen LogP contribution in [0.15, 0.2) is 0 Å². The van der Waals surface area contributed by atoms with E-state index in [1.54, 1.807) is 0 Å². The molecule has 1 saturated heterocycles. The quantitative estimate of drug-likeness (QED) is 0.768. The number of hydrogen-bond donors (Lipinski definition) is 1. The Morgan fingerprint density at radius 3 is 2.38 bits per heavy atom. The monoisotopic (exact) mass is 227 g/mol. The van der Waals surface area contributed by atoms with Gasteiger partial charge in [0.15, 0.2) is 0 Å².